The number of amides is 5. The molecule has 3 saturated carbocycles. The van der Waals surface area contributed by atoms with Gasteiger partial charge in [-0.3, -0.25) is 33.2 Å². The number of benzene rings is 3. The van der Waals surface area contributed by atoms with Crippen LogP contribution in [0.2, 0.25) is 0 Å². The van der Waals surface area contributed by atoms with Crippen LogP contribution in [0, 0.1) is 39.9 Å². The Hall–Kier alpha value is -12.0. The number of ether oxygens (including phenoxy) is 1. The van der Waals surface area contributed by atoms with Crippen molar-refractivity contribution in [1.29, 1.82) is 0 Å². The van der Waals surface area contributed by atoms with Gasteiger partial charge in [-0.05, 0) is 156 Å². The standard InChI is InChI=1S/C27H32F3N7O3.C26H26F3N7O2.C22H24F3N7O.C4H4O2.2CH4.2ClH/c1-25(2,3)40-24(39)35-9-8-26(15-35)10-18(11-26)37-22(31)20(23(32)38)21(34-37)17-12-33-36(14-17)13-16-6-4-5-7-19(16)27(28,29)30;1-2-5-20(37)34-9-8-25(15-34)10-18(11-25)36-23(30)21(24(31)38)22(33-36)17-12-32-35(14-17)13-16-6-3-4-7-19(16)26(27,28)29;23-22(24,25)16-4-2-1-3-13(16)10-31-11-14(9-29-31)18-17(20(27)33)19(26)32(30-18)15-7-21(8-15)5-6-28-12-21;1-2-3-4(5)6;;;;/h4-7,12,14,18H,8-11,13,15,31H2,1-3H3,(H2,32,38);3-4,6-7,12,14,18H,8-11,13,15,30H2,1H3,(H2,31,38);1-4,9,11,15,28H,5-8,10,12,26H2,(H2,27,33);1H3,(H,5,6);2*1H4;2*1H. The van der Waals surface area contributed by atoms with Crippen LogP contribution >= 0.6 is 24.8 Å². The molecule has 14 N–H and O–H groups in total. The van der Waals surface area contributed by atoms with Crippen LogP contribution in [0.25, 0.3) is 33.8 Å². The van der Waals surface area contributed by atoms with Crippen molar-refractivity contribution in [3.05, 3.63) is 160 Å². The van der Waals surface area contributed by atoms with Crippen molar-refractivity contribution in [1.82, 2.24) is 73.8 Å². The first-order valence-corrected chi connectivity index (χ1v) is 37.2. The zero-order valence-corrected chi connectivity index (χ0v) is 66.7. The minimum atomic E-state index is -4.50. The minimum Gasteiger partial charge on any atom is -0.472 e. The number of nitrogen functional groups attached to an aromatic ring is 3. The highest BCUT2D eigenvalue weighted by Crippen LogP contribution is 2.57. The van der Waals surface area contributed by atoms with E-state index in [4.69, 9.17) is 44.2 Å². The predicted octanol–water partition coefficient (Wildman–Crippen LogP) is 12.5. The van der Waals surface area contributed by atoms with Gasteiger partial charge in [-0.1, -0.05) is 81.3 Å². The van der Waals surface area contributed by atoms with Crippen LogP contribution in [0.4, 0.5) is 61.8 Å². The molecule has 40 heteroatoms. The van der Waals surface area contributed by atoms with Gasteiger partial charge in [0.15, 0.2) is 0 Å². The normalized spacial score (nSPS) is 19.9. The number of hydrogen-bond acceptors (Lipinski definition) is 17. The summed E-state index contributed by atoms with van der Waals surface area (Å²) in [4.78, 5) is 74.4. The first kappa shape index (κ1) is 94.5. The average Bonchev–Trinajstić information content (AvgIpc) is 1.60. The molecule has 650 valence electrons. The van der Waals surface area contributed by atoms with Crippen LogP contribution in [-0.4, -0.2) is 154 Å². The number of carbonyl (C=O) groups is 6. The Morgan fingerprint density at radius 1 is 0.504 bits per heavy atom. The SMILES string of the molecule is C.C.CC#CC(=O)N1CCC2(CC(n3nc(-c4cnn(Cc5ccccc5C(F)(F)F)c4)c(C(N)=O)c3N)C2)C1.CC#CC(=O)O.CC(C)(C)OC(=O)N1CCC2(CC(n3nc(-c4cnn(Cc5ccccc5C(F)(F)F)c4)c(C(N)=O)c3N)C2)C1.Cl.Cl.NC(=O)c1c(-c2cnn(Cc3ccccc3C(F)(F)F)c2)nn(C2CC3(CCNC3)C2)c1N. The number of carbonyl (C=O) groups excluding carboxylic acids is 5. The van der Waals surface area contributed by atoms with Gasteiger partial charge in [-0.15, -0.1) is 24.8 Å². The number of aliphatic carboxylic acids is 1. The number of nitrogens with zero attached hydrogens (tertiary/aromatic N) is 14. The fourth-order valence-corrected chi connectivity index (χ4v) is 16.5. The zero-order valence-electron chi connectivity index (χ0n) is 65.1. The molecule has 3 saturated heterocycles. The average molecular weight is 1730 g/mol. The fourth-order valence-electron chi connectivity index (χ4n) is 16.5. The lowest BCUT2D eigenvalue weighted by Crippen LogP contribution is -2.43. The smallest absolute Gasteiger partial charge is 0.416 e. The van der Waals surface area contributed by atoms with Crippen LogP contribution in [0.5, 0.6) is 0 Å². The Bertz CT molecular complexity index is 5410. The summed E-state index contributed by atoms with van der Waals surface area (Å²) in [6, 6.07) is 15.8. The molecular formula is C81H96Cl2F9N21O8. The van der Waals surface area contributed by atoms with Crippen molar-refractivity contribution in [2.75, 3.05) is 56.5 Å². The van der Waals surface area contributed by atoms with E-state index in [-0.39, 0.29) is 168 Å². The maximum Gasteiger partial charge on any atom is 0.416 e. The van der Waals surface area contributed by atoms with Gasteiger partial charge in [-0.25, -0.2) is 23.6 Å². The molecule has 3 aliphatic carbocycles. The van der Waals surface area contributed by atoms with E-state index in [1.165, 1.54) is 100 Å². The number of primary amides is 3. The van der Waals surface area contributed by atoms with E-state index < -0.39 is 64.5 Å². The second kappa shape index (κ2) is 36.9. The Morgan fingerprint density at radius 2 is 0.826 bits per heavy atom. The molecule has 29 nitrogen and oxygen atoms in total. The number of halogens is 11. The topological polar surface area (TPSA) is 413 Å². The number of nitrogens with two attached hydrogens (primary N) is 6. The third kappa shape index (κ3) is 20.7. The van der Waals surface area contributed by atoms with Crippen LogP contribution in [-0.2, 0) is 52.5 Å². The van der Waals surface area contributed by atoms with Crippen LogP contribution in [0.1, 0.15) is 190 Å². The lowest BCUT2D eigenvalue weighted by Gasteiger charge is -2.45. The first-order valence-electron chi connectivity index (χ1n) is 37.2. The highest BCUT2D eigenvalue weighted by Gasteiger charge is 2.54. The molecule has 0 unspecified atom stereocenters. The number of alkyl halides is 9. The van der Waals surface area contributed by atoms with Crippen LogP contribution in [0.3, 0.4) is 0 Å². The summed E-state index contributed by atoms with van der Waals surface area (Å²) < 4.78 is 135. The van der Waals surface area contributed by atoms with Crippen molar-refractivity contribution in [3.63, 3.8) is 0 Å². The lowest BCUT2D eigenvalue weighted by molar-refractivity contribution is -0.139. The molecule has 3 aliphatic heterocycles. The van der Waals surface area contributed by atoms with Crippen molar-refractivity contribution in [2.24, 2.45) is 33.4 Å². The van der Waals surface area contributed by atoms with Gasteiger partial charge in [0.05, 0.1) is 73.0 Å². The molecule has 121 heavy (non-hydrogen) atoms. The predicted molar refractivity (Wildman–Crippen MR) is 436 cm³/mol. The fraction of sp³-hybridized carbons (Fsp3) is 0.432. The largest absolute Gasteiger partial charge is 0.472 e. The van der Waals surface area contributed by atoms with E-state index in [2.05, 4.69) is 53.7 Å². The summed E-state index contributed by atoms with van der Waals surface area (Å²) in [7, 11) is 0. The van der Waals surface area contributed by atoms with Gasteiger partial charge in [0.2, 0.25) is 0 Å². The third-order valence-electron chi connectivity index (χ3n) is 21.9. The number of carboxylic acids is 1. The highest BCUT2D eigenvalue weighted by atomic mass is 35.5. The second-order valence-electron chi connectivity index (χ2n) is 31.3. The molecule has 0 atom stereocenters. The molecule has 0 bridgehead atoms. The van der Waals surface area contributed by atoms with Crippen molar-refractivity contribution in [3.8, 4) is 57.5 Å². The molecule has 6 aliphatic rings. The van der Waals surface area contributed by atoms with E-state index in [9.17, 15) is 68.3 Å². The number of carboxylic acid groups (broad SMARTS) is 1. The molecular weight excluding hydrogens is 1640 g/mol. The Labute approximate surface area is 703 Å². The van der Waals surface area contributed by atoms with Crippen LogP contribution in [0.15, 0.2) is 110 Å². The number of nitrogens with one attached hydrogen (secondary N) is 1. The molecule has 9 heterocycles. The number of rotatable bonds is 15. The van der Waals surface area contributed by atoms with Crippen LogP contribution < -0.4 is 39.7 Å². The molecule has 3 spiro atoms. The molecule has 5 amide bonds. The van der Waals surface area contributed by atoms with Gasteiger partial charge in [-0.2, -0.15) is 70.1 Å². The van der Waals surface area contributed by atoms with Crippen molar-refractivity contribution >= 4 is 78.0 Å². The van der Waals surface area contributed by atoms with Gasteiger partial charge in [0.1, 0.15) is 56.8 Å². The summed E-state index contributed by atoms with van der Waals surface area (Å²) in [5, 5.41) is 37.5. The molecule has 15 rings (SSSR count). The minimum absolute atomic E-state index is 0. The van der Waals surface area contributed by atoms with E-state index in [0.717, 1.165) is 76.2 Å². The zero-order chi connectivity index (χ0) is 84.6. The lowest BCUT2D eigenvalue weighted by atomic mass is 9.65. The summed E-state index contributed by atoms with van der Waals surface area (Å²) >= 11 is 0. The Kier molecular flexibility index (Phi) is 28.8. The molecule has 0 radical (unpaired) electrons. The van der Waals surface area contributed by atoms with Gasteiger partial charge in [0, 0.05) is 73.9 Å². The highest BCUT2D eigenvalue weighted by molar-refractivity contribution is 6.05. The maximum atomic E-state index is 13.4. The quantitative estimate of drug-likeness (QED) is 0.0349. The number of hydrogen-bond donors (Lipinski definition) is 8. The Balaban J connectivity index is 0.000000215. The van der Waals surface area contributed by atoms with E-state index in [1.54, 1.807) is 43.0 Å². The summed E-state index contributed by atoms with van der Waals surface area (Å²) in [6.07, 6.45) is 2.59. The molecule has 3 aromatic carbocycles. The second-order valence-corrected chi connectivity index (χ2v) is 31.3. The van der Waals surface area contributed by atoms with Crippen molar-refractivity contribution in [2.45, 2.75) is 169 Å². The maximum absolute atomic E-state index is 13.4. The van der Waals surface area contributed by atoms with Gasteiger partial charge >= 0.3 is 30.6 Å². The molecule has 6 aromatic heterocycles. The van der Waals surface area contributed by atoms with E-state index in [1.807, 2.05) is 26.7 Å². The first-order chi connectivity index (χ1) is 55.1. The third-order valence-corrected chi connectivity index (χ3v) is 21.9. The Morgan fingerprint density at radius 3 is 1.12 bits per heavy atom. The summed E-state index contributed by atoms with van der Waals surface area (Å²) in [5.74, 6) is 6.28. The molecule has 9 aromatic rings. The number of anilines is 3. The number of likely N-dealkylation sites (tertiary alicyclic amines) is 2. The van der Waals surface area contributed by atoms with Gasteiger partial charge < -0.3 is 59.4 Å². The van der Waals surface area contributed by atoms with Gasteiger partial charge in [0.25, 0.3) is 23.6 Å². The van der Waals surface area contributed by atoms with Crippen molar-refractivity contribution < 1.29 is 78.1 Å². The van der Waals surface area contributed by atoms with E-state index >= 15 is 0 Å². The molecule has 6 fully saturated rings. The summed E-state index contributed by atoms with van der Waals surface area (Å²) in [5.41, 5.74) is 35.6. The monoisotopic (exact) mass is 1730 g/mol. The van der Waals surface area contributed by atoms with E-state index in [0.29, 0.717) is 61.4 Å². The number of aromatic nitrogens is 12. The summed E-state index contributed by atoms with van der Waals surface area (Å²) in [6.45, 7) is 12.6.